The van der Waals surface area contributed by atoms with E-state index in [1.807, 2.05) is 42.5 Å². The molecule has 18 heavy (non-hydrogen) atoms. The van der Waals surface area contributed by atoms with Gasteiger partial charge in [-0.15, -0.1) is 0 Å². The van der Waals surface area contributed by atoms with E-state index in [1.54, 1.807) is 0 Å². The van der Waals surface area contributed by atoms with E-state index >= 15 is 0 Å². The Kier molecular flexibility index (Phi) is 3.88. The predicted octanol–water partition coefficient (Wildman–Crippen LogP) is 3.97. The average molecular weight is 241 g/mol. The maximum atomic E-state index is 6.00. The first kappa shape index (κ1) is 12.5. The highest BCUT2D eigenvalue weighted by molar-refractivity contribution is 5.54. The molecule has 0 spiro atoms. The third kappa shape index (κ3) is 3.04. The highest BCUT2D eigenvalue weighted by atomic mass is 16.5. The molecule has 0 aliphatic rings. The van der Waals surface area contributed by atoms with Crippen LogP contribution in [0.4, 0.5) is 5.69 Å². The molecule has 0 aromatic heterocycles. The molecule has 0 saturated heterocycles. The second kappa shape index (κ2) is 5.58. The van der Waals surface area contributed by atoms with Crippen LogP contribution in [0.15, 0.2) is 48.5 Å². The van der Waals surface area contributed by atoms with Crippen molar-refractivity contribution in [3.8, 4) is 5.75 Å². The van der Waals surface area contributed by atoms with Gasteiger partial charge in [0.2, 0.25) is 0 Å². The van der Waals surface area contributed by atoms with E-state index in [2.05, 4.69) is 19.9 Å². The van der Waals surface area contributed by atoms with E-state index in [-0.39, 0.29) is 0 Å². The molecule has 2 N–H and O–H groups in total. The molecular formula is C16H19NO. The van der Waals surface area contributed by atoms with E-state index in [0.717, 1.165) is 11.3 Å². The third-order valence-corrected chi connectivity index (χ3v) is 2.94. The van der Waals surface area contributed by atoms with Gasteiger partial charge in [-0.05, 0) is 29.2 Å². The monoisotopic (exact) mass is 241 g/mol. The predicted molar refractivity (Wildman–Crippen MR) is 75.7 cm³/mol. The van der Waals surface area contributed by atoms with Crippen LogP contribution in [0.1, 0.15) is 30.9 Å². The van der Waals surface area contributed by atoms with Crippen molar-refractivity contribution in [1.29, 1.82) is 0 Å². The summed E-state index contributed by atoms with van der Waals surface area (Å²) >= 11 is 0. The van der Waals surface area contributed by atoms with E-state index in [0.29, 0.717) is 18.2 Å². The Balaban J connectivity index is 2.06. The molecule has 0 unspecified atom stereocenters. The fourth-order valence-corrected chi connectivity index (χ4v) is 1.79. The number of benzene rings is 2. The molecular weight excluding hydrogens is 222 g/mol. The van der Waals surface area contributed by atoms with Crippen molar-refractivity contribution in [1.82, 2.24) is 0 Å². The van der Waals surface area contributed by atoms with Gasteiger partial charge in [0.25, 0.3) is 0 Å². The maximum absolute atomic E-state index is 6.00. The van der Waals surface area contributed by atoms with Crippen LogP contribution < -0.4 is 10.5 Å². The lowest BCUT2D eigenvalue weighted by Crippen LogP contribution is -2.00. The van der Waals surface area contributed by atoms with E-state index in [9.17, 15) is 0 Å². The molecule has 0 aliphatic heterocycles. The van der Waals surface area contributed by atoms with Gasteiger partial charge in [0.15, 0.2) is 0 Å². The van der Waals surface area contributed by atoms with E-state index in [4.69, 9.17) is 10.5 Å². The molecule has 0 radical (unpaired) electrons. The molecule has 2 aromatic rings. The van der Waals surface area contributed by atoms with E-state index < -0.39 is 0 Å². The first-order valence-corrected chi connectivity index (χ1v) is 6.23. The summed E-state index contributed by atoms with van der Waals surface area (Å²) in [5, 5.41) is 0. The number of hydrogen-bond acceptors (Lipinski definition) is 2. The smallest absolute Gasteiger partial charge is 0.142 e. The molecule has 2 heteroatoms. The van der Waals surface area contributed by atoms with E-state index in [1.165, 1.54) is 5.56 Å². The topological polar surface area (TPSA) is 35.2 Å². The Hall–Kier alpha value is -1.96. The fourth-order valence-electron chi connectivity index (χ4n) is 1.79. The summed E-state index contributed by atoms with van der Waals surface area (Å²) in [6, 6.07) is 16.1. The molecule has 0 atom stereocenters. The second-order valence-electron chi connectivity index (χ2n) is 4.73. The zero-order chi connectivity index (χ0) is 13.0. The SMILES string of the molecule is CC(C)c1ccc(OCc2ccccc2)c(N)c1. The molecule has 0 bridgehead atoms. The van der Waals surface area contributed by atoms with Gasteiger partial charge in [-0.25, -0.2) is 0 Å². The lowest BCUT2D eigenvalue weighted by molar-refractivity contribution is 0.308. The molecule has 0 amide bonds. The molecule has 0 saturated carbocycles. The Bertz CT molecular complexity index is 506. The number of ether oxygens (including phenoxy) is 1. The summed E-state index contributed by atoms with van der Waals surface area (Å²) in [6.07, 6.45) is 0. The van der Waals surface area contributed by atoms with Crippen molar-refractivity contribution in [3.63, 3.8) is 0 Å². The Morgan fingerprint density at radius 3 is 2.39 bits per heavy atom. The van der Waals surface area contributed by atoms with Crippen molar-refractivity contribution < 1.29 is 4.74 Å². The highest BCUT2D eigenvalue weighted by Gasteiger charge is 2.05. The van der Waals surface area contributed by atoms with Crippen LogP contribution >= 0.6 is 0 Å². The lowest BCUT2D eigenvalue weighted by atomic mass is 10.0. The minimum Gasteiger partial charge on any atom is -0.487 e. The van der Waals surface area contributed by atoms with Crippen LogP contribution in [0.25, 0.3) is 0 Å². The summed E-state index contributed by atoms with van der Waals surface area (Å²) in [6.45, 7) is 4.85. The van der Waals surface area contributed by atoms with Gasteiger partial charge in [0, 0.05) is 0 Å². The third-order valence-electron chi connectivity index (χ3n) is 2.94. The normalized spacial score (nSPS) is 10.6. The minimum atomic E-state index is 0.482. The zero-order valence-corrected chi connectivity index (χ0v) is 10.9. The number of nitrogens with two attached hydrogens (primary N) is 1. The zero-order valence-electron chi connectivity index (χ0n) is 10.9. The lowest BCUT2D eigenvalue weighted by Gasteiger charge is -2.12. The van der Waals surface area contributed by atoms with Crippen LogP contribution in [0.3, 0.4) is 0 Å². The van der Waals surface area contributed by atoms with Crippen molar-refractivity contribution >= 4 is 5.69 Å². The summed E-state index contributed by atoms with van der Waals surface area (Å²) in [5.41, 5.74) is 9.08. The average Bonchev–Trinajstić information content (AvgIpc) is 2.38. The molecule has 94 valence electrons. The first-order valence-electron chi connectivity index (χ1n) is 6.23. The van der Waals surface area contributed by atoms with Crippen molar-refractivity contribution in [2.24, 2.45) is 0 Å². The van der Waals surface area contributed by atoms with Gasteiger partial charge in [0.05, 0.1) is 5.69 Å². The van der Waals surface area contributed by atoms with Crippen LogP contribution in [-0.2, 0) is 6.61 Å². The molecule has 0 aliphatic carbocycles. The quantitative estimate of drug-likeness (QED) is 0.822. The molecule has 2 aromatic carbocycles. The van der Waals surface area contributed by atoms with Gasteiger partial charge in [-0.1, -0.05) is 50.2 Å². The second-order valence-corrected chi connectivity index (χ2v) is 4.73. The van der Waals surface area contributed by atoms with Gasteiger partial charge in [-0.2, -0.15) is 0 Å². The number of nitrogen functional groups attached to an aromatic ring is 1. The van der Waals surface area contributed by atoms with Gasteiger partial charge < -0.3 is 10.5 Å². The highest BCUT2D eigenvalue weighted by Crippen LogP contribution is 2.26. The van der Waals surface area contributed by atoms with Crippen molar-refractivity contribution in [3.05, 3.63) is 59.7 Å². The van der Waals surface area contributed by atoms with Gasteiger partial charge in [0.1, 0.15) is 12.4 Å². The summed E-state index contributed by atoms with van der Waals surface area (Å²) in [5.74, 6) is 1.23. The van der Waals surface area contributed by atoms with Crippen LogP contribution in [0, 0.1) is 0 Å². The van der Waals surface area contributed by atoms with Crippen LogP contribution in [0.5, 0.6) is 5.75 Å². The summed E-state index contributed by atoms with van der Waals surface area (Å²) in [7, 11) is 0. The standard InChI is InChI=1S/C16H19NO/c1-12(2)14-8-9-16(15(17)10-14)18-11-13-6-4-3-5-7-13/h3-10,12H,11,17H2,1-2H3. The molecule has 2 rings (SSSR count). The fraction of sp³-hybridized carbons (Fsp3) is 0.250. The molecule has 0 heterocycles. The summed E-state index contributed by atoms with van der Waals surface area (Å²) in [4.78, 5) is 0. The number of hydrogen-bond donors (Lipinski definition) is 1. The maximum Gasteiger partial charge on any atom is 0.142 e. The minimum absolute atomic E-state index is 0.482. The molecule has 2 nitrogen and oxygen atoms in total. The Morgan fingerprint density at radius 2 is 1.78 bits per heavy atom. The molecule has 0 fully saturated rings. The number of rotatable bonds is 4. The Labute approximate surface area is 108 Å². The largest absolute Gasteiger partial charge is 0.487 e. The van der Waals surface area contributed by atoms with Crippen molar-refractivity contribution in [2.75, 3.05) is 5.73 Å². The number of anilines is 1. The van der Waals surface area contributed by atoms with Crippen molar-refractivity contribution in [2.45, 2.75) is 26.4 Å². The van der Waals surface area contributed by atoms with Gasteiger partial charge in [-0.3, -0.25) is 0 Å². The van der Waals surface area contributed by atoms with Crippen LogP contribution in [-0.4, -0.2) is 0 Å². The van der Waals surface area contributed by atoms with Crippen LogP contribution in [0.2, 0.25) is 0 Å². The summed E-state index contributed by atoms with van der Waals surface area (Å²) < 4.78 is 5.73. The first-order chi connectivity index (χ1) is 8.66. The Morgan fingerprint density at radius 1 is 1.06 bits per heavy atom. The van der Waals surface area contributed by atoms with Gasteiger partial charge >= 0.3 is 0 Å².